The van der Waals surface area contributed by atoms with Crippen LogP contribution < -0.4 is 10.1 Å². The Morgan fingerprint density at radius 1 is 1.25 bits per heavy atom. The van der Waals surface area contributed by atoms with E-state index in [2.05, 4.69) is 20.3 Å². The number of nitrogens with zero attached hydrogens (tertiary/aromatic N) is 3. The summed E-state index contributed by atoms with van der Waals surface area (Å²) in [6.45, 7) is 4.38. The SMILES string of the molecule is COc1ccc(CNC(=O)CCc2c(C)nc(SC)nc2C)cn1. The third-order valence-electron chi connectivity index (χ3n) is 3.68. The maximum Gasteiger partial charge on any atom is 0.220 e. The number of amides is 1. The van der Waals surface area contributed by atoms with E-state index in [-0.39, 0.29) is 5.91 Å². The van der Waals surface area contributed by atoms with Crippen LogP contribution in [0.4, 0.5) is 0 Å². The van der Waals surface area contributed by atoms with Crippen LogP contribution in [0.25, 0.3) is 0 Å². The van der Waals surface area contributed by atoms with E-state index in [0.717, 1.165) is 27.7 Å². The predicted molar refractivity (Wildman–Crippen MR) is 94.2 cm³/mol. The first-order valence-corrected chi connectivity index (χ1v) is 8.89. The second kappa shape index (κ2) is 8.63. The Bertz CT molecular complexity index is 681. The second-order valence-electron chi connectivity index (χ2n) is 5.35. The van der Waals surface area contributed by atoms with Crippen molar-refractivity contribution in [3.63, 3.8) is 0 Å². The molecule has 0 atom stereocenters. The molecule has 0 saturated heterocycles. The van der Waals surface area contributed by atoms with Gasteiger partial charge in [-0.1, -0.05) is 17.8 Å². The number of carbonyl (C=O) groups is 1. The average Bonchev–Trinajstić information content (AvgIpc) is 2.59. The third-order valence-corrected chi connectivity index (χ3v) is 4.23. The fraction of sp³-hybridized carbons (Fsp3) is 0.412. The topological polar surface area (TPSA) is 77.0 Å². The van der Waals surface area contributed by atoms with Crippen molar-refractivity contribution < 1.29 is 9.53 Å². The van der Waals surface area contributed by atoms with Gasteiger partial charge >= 0.3 is 0 Å². The molecule has 24 heavy (non-hydrogen) atoms. The van der Waals surface area contributed by atoms with E-state index in [1.165, 1.54) is 11.8 Å². The first-order chi connectivity index (χ1) is 11.5. The minimum atomic E-state index is -0.00133. The van der Waals surface area contributed by atoms with Crippen molar-refractivity contribution in [2.75, 3.05) is 13.4 Å². The van der Waals surface area contributed by atoms with Crippen molar-refractivity contribution in [1.29, 1.82) is 0 Å². The van der Waals surface area contributed by atoms with Crippen LogP contribution in [0.1, 0.15) is 28.9 Å². The van der Waals surface area contributed by atoms with Crippen molar-refractivity contribution in [1.82, 2.24) is 20.3 Å². The zero-order valence-corrected chi connectivity index (χ0v) is 15.2. The van der Waals surface area contributed by atoms with Crippen LogP contribution in [0.3, 0.4) is 0 Å². The van der Waals surface area contributed by atoms with Crippen molar-refractivity contribution >= 4 is 17.7 Å². The first-order valence-electron chi connectivity index (χ1n) is 7.67. The quantitative estimate of drug-likeness (QED) is 0.613. The van der Waals surface area contributed by atoms with E-state index in [1.807, 2.05) is 26.2 Å². The molecule has 0 unspecified atom stereocenters. The summed E-state index contributed by atoms with van der Waals surface area (Å²) in [6.07, 6.45) is 4.70. The predicted octanol–water partition coefficient (Wildman–Crippen LogP) is 2.47. The Morgan fingerprint density at radius 3 is 2.50 bits per heavy atom. The molecule has 0 aromatic carbocycles. The number of aryl methyl sites for hydroxylation is 2. The molecule has 1 N–H and O–H groups in total. The summed E-state index contributed by atoms with van der Waals surface area (Å²) in [6, 6.07) is 3.66. The van der Waals surface area contributed by atoms with Gasteiger partial charge in [0.15, 0.2) is 5.16 Å². The zero-order chi connectivity index (χ0) is 17.5. The maximum absolute atomic E-state index is 12.1. The summed E-state index contributed by atoms with van der Waals surface area (Å²) in [7, 11) is 1.57. The molecule has 0 aliphatic rings. The number of pyridine rings is 1. The number of methoxy groups -OCH3 is 1. The van der Waals surface area contributed by atoms with E-state index in [1.54, 1.807) is 19.4 Å². The Labute approximate surface area is 146 Å². The molecule has 7 heteroatoms. The first kappa shape index (κ1) is 18.2. The lowest BCUT2D eigenvalue weighted by atomic mass is 10.1. The van der Waals surface area contributed by atoms with Crippen LogP contribution in [0.2, 0.25) is 0 Å². The van der Waals surface area contributed by atoms with E-state index in [0.29, 0.717) is 25.3 Å². The summed E-state index contributed by atoms with van der Waals surface area (Å²) >= 11 is 1.52. The van der Waals surface area contributed by atoms with Crippen molar-refractivity contribution in [2.45, 2.75) is 38.4 Å². The van der Waals surface area contributed by atoms with E-state index >= 15 is 0 Å². The number of rotatable bonds is 7. The smallest absolute Gasteiger partial charge is 0.220 e. The molecule has 2 aromatic heterocycles. The second-order valence-corrected chi connectivity index (χ2v) is 6.12. The molecule has 0 bridgehead atoms. The summed E-state index contributed by atoms with van der Waals surface area (Å²) in [5.41, 5.74) is 3.87. The van der Waals surface area contributed by atoms with Gasteiger partial charge in [-0.05, 0) is 37.7 Å². The molecule has 2 heterocycles. The van der Waals surface area contributed by atoms with E-state index < -0.39 is 0 Å². The molecular formula is C17H22N4O2S. The Hall–Kier alpha value is -2.15. The highest BCUT2D eigenvalue weighted by molar-refractivity contribution is 7.98. The standard InChI is InChI=1S/C17H22N4O2S/c1-11-14(12(2)21-17(20-11)24-4)6-7-15(22)18-9-13-5-8-16(23-3)19-10-13/h5,8,10H,6-7,9H2,1-4H3,(H,18,22). The molecule has 0 radical (unpaired) electrons. The molecule has 0 aliphatic carbocycles. The van der Waals surface area contributed by atoms with Crippen LogP contribution in [0.5, 0.6) is 5.88 Å². The van der Waals surface area contributed by atoms with Gasteiger partial charge in [0.2, 0.25) is 11.8 Å². The molecule has 1 amide bonds. The highest BCUT2D eigenvalue weighted by Gasteiger charge is 2.10. The molecule has 0 fully saturated rings. The van der Waals surface area contributed by atoms with Crippen molar-refractivity contribution in [2.24, 2.45) is 0 Å². The minimum Gasteiger partial charge on any atom is -0.481 e. The van der Waals surface area contributed by atoms with Gasteiger partial charge in [-0.15, -0.1) is 0 Å². The van der Waals surface area contributed by atoms with E-state index in [9.17, 15) is 4.79 Å². The minimum absolute atomic E-state index is 0.00133. The summed E-state index contributed by atoms with van der Waals surface area (Å²) in [5, 5.41) is 3.67. The molecule has 6 nitrogen and oxygen atoms in total. The largest absolute Gasteiger partial charge is 0.481 e. The summed E-state index contributed by atoms with van der Waals surface area (Å²) in [4.78, 5) is 25.1. The third kappa shape index (κ3) is 4.92. The number of hydrogen-bond donors (Lipinski definition) is 1. The number of carbonyl (C=O) groups excluding carboxylic acids is 1. The number of aromatic nitrogens is 3. The lowest BCUT2D eigenvalue weighted by molar-refractivity contribution is -0.121. The highest BCUT2D eigenvalue weighted by atomic mass is 32.2. The lowest BCUT2D eigenvalue weighted by Gasteiger charge is -2.10. The van der Waals surface area contributed by atoms with Crippen LogP contribution in [-0.2, 0) is 17.8 Å². The Balaban J connectivity index is 1.87. The van der Waals surface area contributed by atoms with E-state index in [4.69, 9.17) is 4.74 Å². The van der Waals surface area contributed by atoms with Gasteiger partial charge < -0.3 is 10.1 Å². The molecule has 2 rings (SSSR count). The number of nitrogens with one attached hydrogen (secondary N) is 1. The van der Waals surface area contributed by atoms with Crippen LogP contribution >= 0.6 is 11.8 Å². The van der Waals surface area contributed by atoms with Crippen LogP contribution in [-0.4, -0.2) is 34.2 Å². The Morgan fingerprint density at radius 2 is 1.96 bits per heavy atom. The molecule has 0 spiro atoms. The van der Waals surface area contributed by atoms with Gasteiger partial charge in [0.05, 0.1) is 7.11 Å². The average molecular weight is 346 g/mol. The van der Waals surface area contributed by atoms with Gasteiger partial charge in [-0.25, -0.2) is 15.0 Å². The maximum atomic E-state index is 12.1. The van der Waals surface area contributed by atoms with Crippen LogP contribution in [0, 0.1) is 13.8 Å². The molecule has 128 valence electrons. The molecular weight excluding hydrogens is 324 g/mol. The molecule has 0 saturated carbocycles. The summed E-state index contributed by atoms with van der Waals surface area (Å²) in [5.74, 6) is 0.559. The molecule has 0 aliphatic heterocycles. The van der Waals surface area contributed by atoms with Crippen molar-refractivity contribution in [3.05, 3.63) is 40.8 Å². The number of hydrogen-bond acceptors (Lipinski definition) is 6. The highest BCUT2D eigenvalue weighted by Crippen LogP contribution is 2.17. The monoisotopic (exact) mass is 346 g/mol. The fourth-order valence-corrected chi connectivity index (χ4v) is 2.78. The zero-order valence-electron chi connectivity index (χ0n) is 14.4. The number of ether oxygens (including phenoxy) is 1. The normalized spacial score (nSPS) is 10.5. The van der Waals surface area contributed by atoms with Gasteiger partial charge in [-0.3, -0.25) is 4.79 Å². The van der Waals surface area contributed by atoms with Gasteiger partial charge in [-0.2, -0.15) is 0 Å². The Kier molecular flexibility index (Phi) is 6.54. The van der Waals surface area contributed by atoms with Crippen LogP contribution in [0.15, 0.2) is 23.5 Å². The van der Waals surface area contributed by atoms with Crippen molar-refractivity contribution in [3.8, 4) is 5.88 Å². The van der Waals surface area contributed by atoms with Gasteiger partial charge in [0, 0.05) is 36.6 Å². The van der Waals surface area contributed by atoms with Gasteiger partial charge in [0.25, 0.3) is 0 Å². The molecule has 2 aromatic rings. The summed E-state index contributed by atoms with van der Waals surface area (Å²) < 4.78 is 5.01. The lowest BCUT2D eigenvalue weighted by Crippen LogP contribution is -2.23. The number of thioether (sulfide) groups is 1. The van der Waals surface area contributed by atoms with Gasteiger partial charge in [0.1, 0.15) is 0 Å². The fourth-order valence-electron chi connectivity index (χ4n) is 2.33.